The zero-order valence-electron chi connectivity index (χ0n) is 9.82. The molecule has 0 unspecified atom stereocenters. The summed E-state index contributed by atoms with van der Waals surface area (Å²) >= 11 is 0. The van der Waals surface area contributed by atoms with Crippen LogP contribution in [-0.2, 0) is 0 Å². The number of aromatic hydroxyl groups is 1. The summed E-state index contributed by atoms with van der Waals surface area (Å²) in [7, 11) is 0. The van der Waals surface area contributed by atoms with Gasteiger partial charge in [0.05, 0.1) is 12.8 Å². The van der Waals surface area contributed by atoms with E-state index >= 15 is 0 Å². The third-order valence-corrected chi connectivity index (χ3v) is 2.08. The Labute approximate surface area is 104 Å². The molecule has 0 radical (unpaired) electrons. The Morgan fingerprint density at radius 2 is 2.44 bits per heavy atom. The van der Waals surface area contributed by atoms with E-state index in [1.807, 2.05) is 6.92 Å². The van der Waals surface area contributed by atoms with Crippen molar-refractivity contribution in [2.45, 2.75) is 6.92 Å². The third kappa shape index (κ3) is 2.97. The zero-order valence-corrected chi connectivity index (χ0v) is 9.82. The van der Waals surface area contributed by atoms with E-state index in [2.05, 4.69) is 20.7 Å². The average molecular weight is 247 g/mol. The van der Waals surface area contributed by atoms with E-state index in [0.717, 1.165) is 5.56 Å². The molecule has 0 amide bonds. The number of nitrogens with one attached hydrogen (secondary N) is 1. The number of hydrogen-bond donors (Lipinski definition) is 2. The van der Waals surface area contributed by atoms with Crippen LogP contribution in [0.1, 0.15) is 12.5 Å². The monoisotopic (exact) mass is 247 g/mol. The van der Waals surface area contributed by atoms with E-state index < -0.39 is 0 Å². The SMILES string of the molecule is CCOc1cc(C=NNn2cncn2)ccc1O. The van der Waals surface area contributed by atoms with Gasteiger partial charge in [-0.2, -0.15) is 10.6 Å². The quantitative estimate of drug-likeness (QED) is 0.607. The third-order valence-electron chi connectivity index (χ3n) is 2.08. The Morgan fingerprint density at radius 1 is 1.56 bits per heavy atom. The molecule has 0 fully saturated rings. The molecule has 2 aromatic rings. The number of hydrogen-bond acceptors (Lipinski definition) is 6. The van der Waals surface area contributed by atoms with E-state index in [0.29, 0.717) is 12.4 Å². The van der Waals surface area contributed by atoms with Crippen LogP contribution in [0.2, 0.25) is 0 Å². The first kappa shape index (κ1) is 11.9. The summed E-state index contributed by atoms with van der Waals surface area (Å²) in [5, 5.41) is 17.3. The highest BCUT2D eigenvalue weighted by atomic mass is 16.5. The number of phenolic OH excluding ortho intramolecular Hbond substituents is 1. The van der Waals surface area contributed by atoms with Gasteiger partial charge in [-0.05, 0) is 30.7 Å². The summed E-state index contributed by atoms with van der Waals surface area (Å²) in [6, 6.07) is 4.98. The normalized spacial score (nSPS) is 10.7. The van der Waals surface area contributed by atoms with Crippen molar-refractivity contribution < 1.29 is 9.84 Å². The molecule has 0 spiro atoms. The van der Waals surface area contributed by atoms with Crippen LogP contribution in [0.4, 0.5) is 0 Å². The number of nitrogens with zero attached hydrogens (tertiary/aromatic N) is 4. The number of rotatable bonds is 5. The van der Waals surface area contributed by atoms with Crippen LogP contribution in [0, 0.1) is 0 Å². The summed E-state index contributed by atoms with van der Waals surface area (Å²) in [6.45, 7) is 2.35. The minimum atomic E-state index is 0.109. The maximum Gasteiger partial charge on any atom is 0.161 e. The predicted molar refractivity (Wildman–Crippen MR) is 66.3 cm³/mol. The molecule has 0 saturated heterocycles. The van der Waals surface area contributed by atoms with Crippen molar-refractivity contribution in [1.82, 2.24) is 14.9 Å². The first-order chi connectivity index (χ1) is 8.79. The molecule has 0 aliphatic heterocycles. The fourth-order valence-electron chi connectivity index (χ4n) is 1.30. The Morgan fingerprint density at radius 3 is 3.17 bits per heavy atom. The van der Waals surface area contributed by atoms with Crippen molar-refractivity contribution >= 4 is 6.21 Å². The van der Waals surface area contributed by atoms with Gasteiger partial charge in [0.2, 0.25) is 0 Å². The molecule has 2 rings (SSSR count). The summed E-state index contributed by atoms with van der Waals surface area (Å²) < 4.78 is 5.27. The maximum absolute atomic E-state index is 9.53. The van der Waals surface area contributed by atoms with Crippen molar-refractivity contribution in [1.29, 1.82) is 0 Å². The fraction of sp³-hybridized carbons (Fsp3) is 0.182. The largest absolute Gasteiger partial charge is 0.504 e. The lowest BCUT2D eigenvalue weighted by atomic mass is 10.2. The molecule has 0 bridgehead atoms. The van der Waals surface area contributed by atoms with Gasteiger partial charge in [-0.15, -0.1) is 9.89 Å². The minimum Gasteiger partial charge on any atom is -0.504 e. The molecule has 7 heteroatoms. The van der Waals surface area contributed by atoms with Gasteiger partial charge >= 0.3 is 0 Å². The van der Waals surface area contributed by atoms with E-state index in [-0.39, 0.29) is 5.75 Å². The van der Waals surface area contributed by atoms with Crippen LogP contribution in [0.15, 0.2) is 36.0 Å². The van der Waals surface area contributed by atoms with Gasteiger partial charge in [-0.25, -0.2) is 4.98 Å². The molecule has 7 nitrogen and oxygen atoms in total. The van der Waals surface area contributed by atoms with Crippen LogP contribution in [0.5, 0.6) is 11.5 Å². The molecule has 1 aromatic heterocycles. The van der Waals surface area contributed by atoms with Crippen molar-refractivity contribution in [3.63, 3.8) is 0 Å². The van der Waals surface area contributed by atoms with Crippen molar-refractivity contribution in [2.24, 2.45) is 5.10 Å². The Hall–Kier alpha value is -2.57. The van der Waals surface area contributed by atoms with Gasteiger partial charge in [0, 0.05) is 0 Å². The lowest BCUT2D eigenvalue weighted by Crippen LogP contribution is -2.08. The van der Waals surface area contributed by atoms with Crippen LogP contribution in [0.25, 0.3) is 0 Å². The topological polar surface area (TPSA) is 84.6 Å². The smallest absolute Gasteiger partial charge is 0.161 e. The molecule has 94 valence electrons. The van der Waals surface area contributed by atoms with Crippen LogP contribution < -0.4 is 10.3 Å². The molecule has 2 N–H and O–H groups in total. The highest BCUT2D eigenvalue weighted by Crippen LogP contribution is 2.26. The summed E-state index contributed by atoms with van der Waals surface area (Å²) in [5.41, 5.74) is 3.44. The van der Waals surface area contributed by atoms with Crippen molar-refractivity contribution in [3.8, 4) is 11.5 Å². The number of hydrazone groups is 1. The van der Waals surface area contributed by atoms with Gasteiger partial charge in [-0.3, -0.25) is 0 Å². The number of phenols is 1. The lowest BCUT2D eigenvalue weighted by Gasteiger charge is -2.05. The molecular weight excluding hydrogens is 234 g/mol. The van der Waals surface area contributed by atoms with Crippen LogP contribution in [-0.4, -0.2) is 32.8 Å². The lowest BCUT2D eigenvalue weighted by molar-refractivity contribution is 0.318. The summed E-state index contributed by atoms with van der Waals surface area (Å²) in [5.74, 6) is 0.542. The Kier molecular flexibility index (Phi) is 3.75. The Balaban J connectivity index is 2.04. The summed E-state index contributed by atoms with van der Waals surface area (Å²) in [4.78, 5) is 5.12. The van der Waals surface area contributed by atoms with Crippen molar-refractivity contribution in [3.05, 3.63) is 36.4 Å². The Bertz CT molecular complexity index is 524. The van der Waals surface area contributed by atoms with Crippen molar-refractivity contribution in [2.75, 3.05) is 12.1 Å². The van der Waals surface area contributed by atoms with Crippen LogP contribution >= 0.6 is 0 Å². The average Bonchev–Trinajstić information content (AvgIpc) is 2.87. The molecule has 0 aliphatic carbocycles. The molecule has 0 aliphatic rings. The molecule has 0 atom stereocenters. The second-order valence-electron chi connectivity index (χ2n) is 3.36. The van der Waals surface area contributed by atoms with E-state index in [9.17, 15) is 5.11 Å². The van der Waals surface area contributed by atoms with Gasteiger partial charge in [0.25, 0.3) is 0 Å². The molecule has 0 saturated carbocycles. The first-order valence-electron chi connectivity index (χ1n) is 5.39. The minimum absolute atomic E-state index is 0.109. The van der Waals surface area contributed by atoms with Gasteiger partial charge < -0.3 is 9.84 Å². The molecule has 1 aromatic carbocycles. The zero-order chi connectivity index (χ0) is 12.8. The predicted octanol–water partition coefficient (Wildman–Crippen LogP) is 0.960. The van der Waals surface area contributed by atoms with E-state index in [4.69, 9.17) is 4.74 Å². The second kappa shape index (κ2) is 5.67. The molecule has 1 heterocycles. The van der Waals surface area contributed by atoms with E-state index in [1.165, 1.54) is 17.4 Å². The standard InChI is InChI=1S/C11H13N5O2/c1-2-18-11-5-9(3-4-10(11)17)6-13-15-16-8-12-7-14-16/h3-8,15,17H,2H2,1H3. The van der Waals surface area contributed by atoms with Gasteiger partial charge in [0.1, 0.15) is 12.7 Å². The number of ether oxygens (including phenoxy) is 1. The highest BCUT2D eigenvalue weighted by molar-refractivity contribution is 5.80. The molecular formula is C11H13N5O2. The maximum atomic E-state index is 9.53. The fourth-order valence-corrected chi connectivity index (χ4v) is 1.30. The van der Waals surface area contributed by atoms with Crippen LogP contribution in [0.3, 0.4) is 0 Å². The molecule has 18 heavy (non-hydrogen) atoms. The summed E-state index contributed by atoms with van der Waals surface area (Å²) in [6.07, 6.45) is 4.47. The highest BCUT2D eigenvalue weighted by Gasteiger charge is 2.01. The first-order valence-corrected chi connectivity index (χ1v) is 5.39. The second-order valence-corrected chi connectivity index (χ2v) is 3.36. The van der Waals surface area contributed by atoms with E-state index in [1.54, 1.807) is 24.4 Å². The number of benzene rings is 1. The van der Waals surface area contributed by atoms with Gasteiger partial charge in [0.15, 0.2) is 11.5 Å². The number of aromatic nitrogens is 3. The van der Waals surface area contributed by atoms with Gasteiger partial charge in [-0.1, -0.05) is 0 Å².